The van der Waals surface area contributed by atoms with Crippen LogP contribution in [-0.2, 0) is 0 Å². The van der Waals surface area contributed by atoms with Gasteiger partial charge >= 0.3 is 0 Å². The number of carbonyl (C=O) groups excluding carboxylic acids is 1. The maximum Gasteiger partial charge on any atom is 0.258 e. The van der Waals surface area contributed by atoms with E-state index in [1.807, 2.05) is 0 Å². The molecule has 0 spiro atoms. The molecule has 0 aliphatic heterocycles. The quantitative estimate of drug-likeness (QED) is 0.862. The second kappa shape index (κ2) is 6.18. The zero-order valence-electron chi connectivity index (χ0n) is 9.74. The lowest BCUT2D eigenvalue weighted by Gasteiger charge is -2.15. The molecule has 94 valence electrons. The lowest BCUT2D eigenvalue weighted by Crippen LogP contribution is -2.39. The average Bonchev–Trinajstić information content (AvgIpc) is 2.35. The van der Waals surface area contributed by atoms with Crippen LogP contribution in [0.3, 0.4) is 0 Å². The van der Waals surface area contributed by atoms with Crippen molar-refractivity contribution in [1.82, 2.24) is 5.32 Å². The third kappa shape index (κ3) is 3.69. The van der Waals surface area contributed by atoms with Crippen LogP contribution in [0, 0.1) is 0 Å². The van der Waals surface area contributed by atoms with Crippen molar-refractivity contribution in [3.05, 3.63) is 29.8 Å². The molecule has 0 saturated heterocycles. The first-order chi connectivity index (χ1) is 8.08. The highest BCUT2D eigenvalue weighted by Crippen LogP contribution is 2.13. The molecule has 17 heavy (non-hydrogen) atoms. The minimum Gasteiger partial charge on any atom is -0.497 e. The lowest BCUT2D eigenvalue weighted by molar-refractivity contribution is 0.0737. The summed E-state index contributed by atoms with van der Waals surface area (Å²) in [6.07, 6.45) is -2.37. The van der Waals surface area contributed by atoms with E-state index >= 15 is 0 Å². The van der Waals surface area contributed by atoms with Crippen molar-refractivity contribution >= 4 is 5.91 Å². The van der Waals surface area contributed by atoms with Crippen LogP contribution >= 0.6 is 0 Å². The summed E-state index contributed by atoms with van der Waals surface area (Å²) in [4.78, 5) is 11.7. The van der Waals surface area contributed by atoms with Crippen molar-refractivity contribution in [2.75, 3.05) is 7.11 Å². The number of benzene rings is 1. The van der Waals surface area contributed by atoms with Gasteiger partial charge in [0, 0.05) is 5.56 Å². The third-order valence-corrected chi connectivity index (χ3v) is 2.39. The molecule has 0 aliphatic rings. The number of halogens is 2. The van der Waals surface area contributed by atoms with Crippen LogP contribution < -0.4 is 10.1 Å². The molecule has 0 unspecified atom stereocenters. The normalized spacial score (nSPS) is 12.3. The lowest BCUT2D eigenvalue weighted by atomic mass is 10.1. The Morgan fingerprint density at radius 3 is 2.71 bits per heavy atom. The number of methoxy groups -OCH3 is 1. The monoisotopic (exact) mass is 243 g/mol. The summed E-state index contributed by atoms with van der Waals surface area (Å²) in [5.41, 5.74) is 0.309. The van der Waals surface area contributed by atoms with Crippen LogP contribution in [0.4, 0.5) is 8.78 Å². The smallest absolute Gasteiger partial charge is 0.258 e. The van der Waals surface area contributed by atoms with E-state index in [4.69, 9.17) is 4.74 Å². The molecule has 0 radical (unpaired) electrons. The number of rotatable bonds is 5. The van der Waals surface area contributed by atoms with Crippen LogP contribution in [0.25, 0.3) is 0 Å². The minimum atomic E-state index is -2.56. The molecule has 3 nitrogen and oxygen atoms in total. The first kappa shape index (κ1) is 13.4. The van der Waals surface area contributed by atoms with E-state index in [1.54, 1.807) is 25.1 Å². The Morgan fingerprint density at radius 1 is 1.47 bits per heavy atom. The molecule has 0 fully saturated rings. The highest BCUT2D eigenvalue weighted by Gasteiger charge is 2.20. The molecule has 1 N–H and O–H groups in total. The fraction of sp³-hybridized carbons (Fsp3) is 0.417. The maximum atomic E-state index is 12.5. The fourth-order valence-electron chi connectivity index (χ4n) is 1.36. The van der Waals surface area contributed by atoms with Gasteiger partial charge in [-0.2, -0.15) is 0 Å². The largest absolute Gasteiger partial charge is 0.497 e. The van der Waals surface area contributed by atoms with E-state index in [2.05, 4.69) is 5.32 Å². The number of alkyl halides is 2. The van der Waals surface area contributed by atoms with Gasteiger partial charge in [0.15, 0.2) is 0 Å². The summed E-state index contributed by atoms with van der Waals surface area (Å²) < 4.78 is 29.9. The van der Waals surface area contributed by atoms with E-state index in [0.29, 0.717) is 11.3 Å². The van der Waals surface area contributed by atoms with Gasteiger partial charge in [-0.15, -0.1) is 0 Å². The SMILES string of the molecule is CC[C@@H](NC(=O)c1cccc(OC)c1)C(F)F. The number of ether oxygens (including phenoxy) is 1. The van der Waals surface area contributed by atoms with E-state index in [0.717, 1.165) is 0 Å². The second-order valence-electron chi connectivity index (χ2n) is 3.55. The van der Waals surface area contributed by atoms with Crippen molar-refractivity contribution in [3.8, 4) is 5.75 Å². The number of hydrogen-bond donors (Lipinski definition) is 1. The summed E-state index contributed by atoms with van der Waals surface area (Å²) in [6.45, 7) is 1.60. The zero-order chi connectivity index (χ0) is 12.8. The summed E-state index contributed by atoms with van der Waals surface area (Å²) in [7, 11) is 1.48. The van der Waals surface area contributed by atoms with Gasteiger partial charge in [-0.05, 0) is 24.6 Å². The fourth-order valence-corrected chi connectivity index (χ4v) is 1.36. The predicted octanol–water partition coefficient (Wildman–Crippen LogP) is 2.47. The summed E-state index contributed by atoms with van der Waals surface area (Å²) in [5, 5.41) is 2.29. The van der Waals surface area contributed by atoms with Crippen molar-refractivity contribution in [2.24, 2.45) is 0 Å². The second-order valence-corrected chi connectivity index (χ2v) is 3.55. The molecule has 1 aromatic rings. The van der Waals surface area contributed by atoms with Crippen LogP contribution in [-0.4, -0.2) is 25.5 Å². The van der Waals surface area contributed by atoms with Crippen LogP contribution in [0.15, 0.2) is 24.3 Å². The van der Waals surface area contributed by atoms with Crippen LogP contribution in [0.5, 0.6) is 5.75 Å². The molecule has 0 bridgehead atoms. The molecule has 1 atom stereocenters. The van der Waals surface area contributed by atoms with Crippen LogP contribution in [0.2, 0.25) is 0 Å². The van der Waals surface area contributed by atoms with Crippen molar-refractivity contribution in [3.63, 3.8) is 0 Å². The molecule has 0 aliphatic carbocycles. The molecular weight excluding hydrogens is 228 g/mol. The maximum absolute atomic E-state index is 12.5. The molecule has 1 amide bonds. The molecule has 5 heteroatoms. The molecule has 1 aromatic carbocycles. The Kier molecular flexibility index (Phi) is 4.87. The Hall–Kier alpha value is -1.65. The van der Waals surface area contributed by atoms with Gasteiger partial charge in [-0.3, -0.25) is 4.79 Å². The zero-order valence-corrected chi connectivity index (χ0v) is 9.74. The van der Waals surface area contributed by atoms with Gasteiger partial charge in [0.05, 0.1) is 13.2 Å². The Balaban J connectivity index is 2.75. The van der Waals surface area contributed by atoms with Crippen LogP contribution in [0.1, 0.15) is 23.7 Å². The summed E-state index contributed by atoms with van der Waals surface area (Å²) in [5.74, 6) is -0.00112. The molecular formula is C12H15F2NO2. The predicted molar refractivity (Wildman–Crippen MR) is 60.5 cm³/mol. The molecule has 0 saturated carbocycles. The number of amides is 1. The minimum absolute atomic E-state index is 0.188. The van der Waals surface area contributed by atoms with E-state index < -0.39 is 18.4 Å². The number of carbonyl (C=O) groups is 1. The highest BCUT2D eigenvalue weighted by atomic mass is 19.3. The third-order valence-electron chi connectivity index (χ3n) is 2.39. The topological polar surface area (TPSA) is 38.3 Å². The molecule has 0 heterocycles. The molecule has 0 aromatic heterocycles. The Bertz CT molecular complexity index is 383. The van der Waals surface area contributed by atoms with Gasteiger partial charge in [0.1, 0.15) is 5.75 Å². The first-order valence-corrected chi connectivity index (χ1v) is 5.31. The standard InChI is InChI=1S/C12H15F2NO2/c1-3-10(11(13)14)15-12(16)8-5-4-6-9(7-8)17-2/h4-7,10-11H,3H2,1-2H3,(H,15,16)/t10-/m1/s1. The van der Waals surface area contributed by atoms with E-state index in [-0.39, 0.29) is 6.42 Å². The average molecular weight is 243 g/mol. The van der Waals surface area contributed by atoms with Gasteiger partial charge in [-0.25, -0.2) is 8.78 Å². The number of hydrogen-bond acceptors (Lipinski definition) is 2. The summed E-state index contributed by atoms with van der Waals surface area (Å²) in [6, 6.07) is 5.26. The number of nitrogens with one attached hydrogen (secondary N) is 1. The molecule has 1 rings (SSSR count). The van der Waals surface area contributed by atoms with Gasteiger partial charge in [0.25, 0.3) is 12.3 Å². The van der Waals surface area contributed by atoms with E-state index in [9.17, 15) is 13.6 Å². The Morgan fingerprint density at radius 2 is 2.18 bits per heavy atom. The van der Waals surface area contributed by atoms with Gasteiger partial charge in [0.2, 0.25) is 0 Å². The first-order valence-electron chi connectivity index (χ1n) is 5.31. The van der Waals surface area contributed by atoms with Crippen molar-refractivity contribution < 1.29 is 18.3 Å². The van der Waals surface area contributed by atoms with E-state index in [1.165, 1.54) is 13.2 Å². The highest BCUT2D eigenvalue weighted by molar-refractivity contribution is 5.94. The van der Waals surface area contributed by atoms with Crippen molar-refractivity contribution in [1.29, 1.82) is 0 Å². The Labute approximate surface area is 98.8 Å². The summed E-state index contributed by atoms with van der Waals surface area (Å²) >= 11 is 0. The van der Waals surface area contributed by atoms with Gasteiger partial charge in [-0.1, -0.05) is 13.0 Å². The van der Waals surface area contributed by atoms with Crippen molar-refractivity contribution in [2.45, 2.75) is 25.8 Å². The van der Waals surface area contributed by atoms with Gasteiger partial charge < -0.3 is 10.1 Å².